The van der Waals surface area contributed by atoms with Gasteiger partial charge in [0.25, 0.3) is 0 Å². The molecule has 1 amide bonds. The van der Waals surface area contributed by atoms with Gasteiger partial charge in [-0.2, -0.15) is 0 Å². The molecule has 1 heterocycles. The van der Waals surface area contributed by atoms with E-state index in [1.807, 2.05) is 45.2 Å². The average Bonchev–Trinajstić information content (AvgIpc) is 2.91. The second-order valence-electron chi connectivity index (χ2n) is 6.90. The van der Waals surface area contributed by atoms with Crippen molar-refractivity contribution in [2.24, 2.45) is 4.99 Å². The number of rotatable bonds is 5. The van der Waals surface area contributed by atoms with Gasteiger partial charge in [-0.3, -0.25) is 9.79 Å². The van der Waals surface area contributed by atoms with Gasteiger partial charge >= 0.3 is 0 Å². The molecular formula is C18H26ClN5O. The molecule has 0 aliphatic rings. The Morgan fingerprint density at radius 2 is 2.04 bits per heavy atom. The van der Waals surface area contributed by atoms with Crippen LogP contribution in [-0.2, 0) is 11.2 Å². The number of fused-ring (bicyclic) bond motifs is 1. The molecule has 6 nitrogen and oxygen atoms in total. The van der Waals surface area contributed by atoms with Crippen LogP contribution in [0.1, 0.15) is 26.3 Å². The van der Waals surface area contributed by atoms with Gasteiger partial charge < -0.3 is 20.9 Å². The maximum atomic E-state index is 11.8. The molecule has 1 aromatic carbocycles. The minimum atomic E-state index is -0.244. The van der Waals surface area contributed by atoms with E-state index in [1.165, 1.54) is 5.56 Å². The van der Waals surface area contributed by atoms with Crippen LogP contribution in [0.4, 0.5) is 0 Å². The summed E-state index contributed by atoms with van der Waals surface area (Å²) < 4.78 is 0. The lowest BCUT2D eigenvalue weighted by atomic mass is 10.1. The highest BCUT2D eigenvalue weighted by molar-refractivity contribution is 6.31. The Morgan fingerprint density at radius 1 is 1.28 bits per heavy atom. The van der Waals surface area contributed by atoms with Crippen molar-refractivity contribution in [3.8, 4) is 0 Å². The predicted molar refractivity (Wildman–Crippen MR) is 104 cm³/mol. The Morgan fingerprint density at radius 3 is 2.72 bits per heavy atom. The largest absolute Gasteiger partial charge is 0.361 e. The molecule has 4 N–H and O–H groups in total. The van der Waals surface area contributed by atoms with Crippen molar-refractivity contribution >= 4 is 34.4 Å². The summed E-state index contributed by atoms with van der Waals surface area (Å²) in [5.74, 6) is 0.531. The second kappa shape index (κ2) is 8.25. The van der Waals surface area contributed by atoms with Crippen molar-refractivity contribution in [3.63, 3.8) is 0 Å². The highest BCUT2D eigenvalue weighted by atomic mass is 35.5. The Balaban J connectivity index is 1.83. The Hall–Kier alpha value is -2.21. The average molecular weight is 364 g/mol. The number of hydrogen-bond donors (Lipinski definition) is 4. The number of amides is 1. The molecule has 0 bridgehead atoms. The van der Waals surface area contributed by atoms with E-state index in [-0.39, 0.29) is 18.0 Å². The van der Waals surface area contributed by atoms with E-state index in [2.05, 4.69) is 25.9 Å². The van der Waals surface area contributed by atoms with Gasteiger partial charge in [0.15, 0.2) is 5.96 Å². The quantitative estimate of drug-likeness (QED) is 0.486. The van der Waals surface area contributed by atoms with Crippen LogP contribution in [-0.4, -0.2) is 42.5 Å². The smallest absolute Gasteiger partial charge is 0.239 e. The highest BCUT2D eigenvalue weighted by Gasteiger charge is 2.13. The monoisotopic (exact) mass is 363 g/mol. The number of guanidine groups is 1. The van der Waals surface area contributed by atoms with E-state index < -0.39 is 0 Å². The molecule has 136 valence electrons. The number of benzene rings is 1. The van der Waals surface area contributed by atoms with Crippen LogP contribution in [0.25, 0.3) is 10.9 Å². The molecule has 1 aromatic heterocycles. The Labute approximate surface area is 153 Å². The number of aliphatic imine (C=N–C) groups is 1. The van der Waals surface area contributed by atoms with E-state index in [9.17, 15) is 4.79 Å². The number of H-pyrrole nitrogens is 1. The fourth-order valence-corrected chi connectivity index (χ4v) is 2.69. The van der Waals surface area contributed by atoms with E-state index in [4.69, 9.17) is 11.6 Å². The molecule has 2 rings (SSSR count). The third-order valence-corrected chi connectivity index (χ3v) is 3.81. The molecule has 0 aliphatic heterocycles. The van der Waals surface area contributed by atoms with Crippen molar-refractivity contribution in [2.75, 3.05) is 20.1 Å². The first kappa shape index (κ1) is 19.1. The molecule has 0 spiro atoms. The van der Waals surface area contributed by atoms with Crippen LogP contribution in [0.5, 0.6) is 0 Å². The molecule has 0 fully saturated rings. The van der Waals surface area contributed by atoms with Gasteiger partial charge in [0.1, 0.15) is 0 Å². The summed E-state index contributed by atoms with van der Waals surface area (Å²) in [5.41, 5.74) is 2.01. The van der Waals surface area contributed by atoms with Gasteiger partial charge in [-0.25, -0.2) is 0 Å². The lowest BCUT2D eigenvalue weighted by Crippen LogP contribution is -2.48. The minimum absolute atomic E-state index is 0.0679. The van der Waals surface area contributed by atoms with Crippen molar-refractivity contribution in [1.82, 2.24) is 20.9 Å². The van der Waals surface area contributed by atoms with Crippen molar-refractivity contribution in [1.29, 1.82) is 0 Å². The fraction of sp³-hybridized carbons (Fsp3) is 0.444. The Kier molecular flexibility index (Phi) is 6.31. The van der Waals surface area contributed by atoms with Crippen LogP contribution >= 0.6 is 11.6 Å². The van der Waals surface area contributed by atoms with E-state index in [1.54, 1.807) is 7.05 Å². The number of aromatic nitrogens is 1. The fourth-order valence-electron chi connectivity index (χ4n) is 2.52. The van der Waals surface area contributed by atoms with Crippen LogP contribution < -0.4 is 16.0 Å². The summed E-state index contributed by atoms with van der Waals surface area (Å²) in [4.78, 5) is 19.2. The predicted octanol–water partition coefficient (Wildman–Crippen LogP) is 2.44. The molecule has 0 unspecified atom stereocenters. The van der Waals surface area contributed by atoms with Gasteiger partial charge in [-0.05, 0) is 51.0 Å². The summed E-state index contributed by atoms with van der Waals surface area (Å²) in [6, 6.07) is 5.81. The van der Waals surface area contributed by atoms with Gasteiger partial charge in [0, 0.05) is 41.3 Å². The summed E-state index contributed by atoms with van der Waals surface area (Å²) in [6.45, 7) is 6.72. The third kappa shape index (κ3) is 5.98. The molecule has 0 aliphatic carbocycles. The third-order valence-electron chi connectivity index (χ3n) is 3.57. The molecule has 0 saturated heterocycles. The lowest BCUT2D eigenvalue weighted by Gasteiger charge is -2.21. The number of halogens is 1. The molecule has 0 atom stereocenters. The zero-order valence-corrected chi connectivity index (χ0v) is 15.9. The summed E-state index contributed by atoms with van der Waals surface area (Å²) in [5, 5.41) is 11.0. The molecule has 0 saturated carbocycles. The first-order valence-electron chi connectivity index (χ1n) is 8.29. The van der Waals surface area contributed by atoms with E-state index in [0.717, 1.165) is 22.3 Å². The van der Waals surface area contributed by atoms with Crippen molar-refractivity contribution in [3.05, 3.63) is 35.0 Å². The molecule has 0 radical (unpaired) electrons. The number of nitrogens with zero attached hydrogens (tertiary/aromatic N) is 1. The van der Waals surface area contributed by atoms with Crippen LogP contribution in [0, 0.1) is 0 Å². The maximum Gasteiger partial charge on any atom is 0.239 e. The first-order valence-corrected chi connectivity index (χ1v) is 8.67. The molecule has 7 heteroatoms. The number of hydrogen-bond acceptors (Lipinski definition) is 2. The maximum absolute atomic E-state index is 11.8. The normalized spacial score (nSPS) is 12.3. The molecule has 2 aromatic rings. The number of nitrogens with one attached hydrogen (secondary N) is 4. The zero-order valence-electron chi connectivity index (χ0n) is 15.2. The summed E-state index contributed by atoms with van der Waals surface area (Å²) >= 11 is 6.07. The summed E-state index contributed by atoms with van der Waals surface area (Å²) in [7, 11) is 1.68. The topological polar surface area (TPSA) is 81.3 Å². The van der Waals surface area contributed by atoms with Crippen LogP contribution in [0.2, 0.25) is 5.02 Å². The highest BCUT2D eigenvalue weighted by Crippen LogP contribution is 2.22. The molecular weight excluding hydrogens is 338 g/mol. The first-order chi connectivity index (χ1) is 11.8. The number of carbonyl (C=O) groups excluding carboxylic acids is 1. The summed E-state index contributed by atoms with van der Waals surface area (Å²) in [6.07, 6.45) is 2.81. The molecule has 25 heavy (non-hydrogen) atoms. The van der Waals surface area contributed by atoms with Gasteiger partial charge in [-0.1, -0.05) is 11.6 Å². The number of aromatic amines is 1. The lowest BCUT2D eigenvalue weighted by molar-refractivity contribution is -0.121. The van der Waals surface area contributed by atoms with Gasteiger partial charge in [0.2, 0.25) is 5.91 Å². The van der Waals surface area contributed by atoms with E-state index in [0.29, 0.717) is 12.5 Å². The van der Waals surface area contributed by atoms with Gasteiger partial charge in [-0.15, -0.1) is 0 Å². The second-order valence-corrected chi connectivity index (χ2v) is 7.34. The Bertz CT molecular complexity index is 760. The SMILES string of the molecule is CN=C(NCCc1c[nH]c2ccc(Cl)cc12)NCC(=O)NC(C)(C)C. The van der Waals surface area contributed by atoms with Gasteiger partial charge in [0.05, 0.1) is 6.54 Å². The minimum Gasteiger partial charge on any atom is -0.361 e. The van der Waals surface area contributed by atoms with Crippen molar-refractivity contribution < 1.29 is 4.79 Å². The standard InChI is InChI=1S/C18H26ClN5O/c1-18(2,3)24-16(25)11-23-17(20-4)21-8-7-12-10-22-15-6-5-13(19)9-14(12)15/h5-6,9-10,22H,7-8,11H2,1-4H3,(H,24,25)(H2,20,21,23). The van der Waals surface area contributed by atoms with Crippen LogP contribution in [0.15, 0.2) is 29.4 Å². The van der Waals surface area contributed by atoms with Crippen LogP contribution in [0.3, 0.4) is 0 Å². The van der Waals surface area contributed by atoms with Crippen molar-refractivity contribution in [2.45, 2.75) is 32.7 Å². The number of carbonyl (C=O) groups is 1. The van der Waals surface area contributed by atoms with E-state index >= 15 is 0 Å². The zero-order chi connectivity index (χ0) is 18.4.